The molecule has 1 fully saturated rings. The molecule has 2 aliphatic rings. The third kappa shape index (κ3) is 5.07. The van der Waals surface area contributed by atoms with Crippen LogP contribution in [0.25, 0.3) is 10.2 Å². The number of urea groups is 1. The number of nitrogens with zero attached hydrogens (tertiary/aromatic N) is 4. The van der Waals surface area contributed by atoms with Gasteiger partial charge in [0.05, 0.1) is 19.6 Å². The Morgan fingerprint density at radius 2 is 1.75 bits per heavy atom. The topological polar surface area (TPSA) is 79.8 Å². The average molecular weight is 510 g/mol. The molecular weight excluding hydrogens is 474 g/mol. The molecule has 0 radical (unpaired) electrons. The zero-order chi connectivity index (χ0) is 25.1. The normalized spacial score (nSPS) is 15.6. The summed E-state index contributed by atoms with van der Waals surface area (Å²) in [5, 5.41) is 4.26. The lowest BCUT2D eigenvalue weighted by Gasteiger charge is -2.36. The van der Waals surface area contributed by atoms with Crippen LogP contribution in [0, 0.1) is 0 Å². The van der Waals surface area contributed by atoms with Gasteiger partial charge < -0.3 is 24.6 Å². The minimum Gasteiger partial charge on any atom is -0.497 e. The quantitative estimate of drug-likeness (QED) is 0.467. The van der Waals surface area contributed by atoms with Gasteiger partial charge in [0.15, 0.2) is 0 Å². The van der Waals surface area contributed by atoms with Crippen LogP contribution in [0.5, 0.6) is 11.5 Å². The van der Waals surface area contributed by atoms with E-state index < -0.39 is 0 Å². The van der Waals surface area contributed by atoms with Crippen LogP contribution < -0.4 is 19.7 Å². The fourth-order valence-corrected chi connectivity index (χ4v) is 6.33. The molecule has 0 saturated carbocycles. The van der Waals surface area contributed by atoms with Crippen molar-refractivity contribution in [1.82, 2.24) is 14.9 Å². The molecular formula is C27H35N5O3S. The van der Waals surface area contributed by atoms with E-state index in [-0.39, 0.29) is 6.03 Å². The number of aromatic nitrogens is 2. The Hall–Kier alpha value is -3.07. The molecule has 1 aromatic carbocycles. The first kappa shape index (κ1) is 24.6. The number of hydrogen-bond acceptors (Lipinski definition) is 7. The van der Waals surface area contributed by atoms with E-state index in [0.29, 0.717) is 30.3 Å². The van der Waals surface area contributed by atoms with Gasteiger partial charge in [0, 0.05) is 61.4 Å². The number of carbonyl (C=O) groups excluding carboxylic acids is 1. The number of fused-ring (bicyclic) bond motifs is 3. The Morgan fingerprint density at radius 1 is 1.03 bits per heavy atom. The highest BCUT2D eigenvalue weighted by Gasteiger charge is 2.27. The summed E-state index contributed by atoms with van der Waals surface area (Å²) in [5.74, 6) is 3.30. The minimum absolute atomic E-state index is 0.116. The highest BCUT2D eigenvalue weighted by Crippen LogP contribution is 2.40. The fraction of sp³-hybridized carbons (Fsp3) is 0.519. The Kier molecular flexibility index (Phi) is 7.46. The molecule has 5 rings (SSSR count). The van der Waals surface area contributed by atoms with Crippen molar-refractivity contribution >= 4 is 39.1 Å². The van der Waals surface area contributed by atoms with Gasteiger partial charge in [-0.05, 0) is 37.7 Å². The van der Waals surface area contributed by atoms with Crippen LogP contribution in [0.3, 0.4) is 0 Å². The average Bonchev–Trinajstić information content (AvgIpc) is 3.29. The Bertz CT molecular complexity index is 1210. The SMILES string of the molecule is CCCCc1nc(N2CCN(C(=O)Nc3cc(OC)cc(OC)c3)CC2)c2c3c(sc2n1)CCCC3. The molecule has 0 unspecified atom stereocenters. The third-order valence-electron chi connectivity index (χ3n) is 7.06. The van der Waals surface area contributed by atoms with Gasteiger partial charge in [0.2, 0.25) is 0 Å². The van der Waals surface area contributed by atoms with Gasteiger partial charge in [0.25, 0.3) is 0 Å². The van der Waals surface area contributed by atoms with Gasteiger partial charge in [-0.25, -0.2) is 14.8 Å². The van der Waals surface area contributed by atoms with Gasteiger partial charge in [-0.2, -0.15) is 0 Å². The maximum atomic E-state index is 13.0. The summed E-state index contributed by atoms with van der Waals surface area (Å²) in [7, 11) is 3.20. The van der Waals surface area contributed by atoms with Crippen molar-refractivity contribution in [2.24, 2.45) is 0 Å². The molecule has 0 spiro atoms. The summed E-state index contributed by atoms with van der Waals surface area (Å²) in [6.07, 6.45) is 7.91. The predicted octanol–water partition coefficient (Wildman–Crippen LogP) is 5.28. The molecule has 3 heterocycles. The number of thiophene rings is 1. The number of rotatable bonds is 7. The third-order valence-corrected chi connectivity index (χ3v) is 8.25. The standard InChI is InChI=1S/C27H35N5O3S/c1-4-5-10-23-29-25(24-21-8-6-7-9-22(21)36-26(24)30-23)31-11-13-32(14-12-31)27(33)28-18-15-19(34-2)17-20(16-18)35-3/h15-17H,4-14H2,1-3H3,(H,28,33). The molecule has 192 valence electrons. The number of aryl methyl sites for hydroxylation is 3. The van der Waals surface area contributed by atoms with Crippen LogP contribution in [-0.4, -0.2) is 61.3 Å². The molecule has 2 amide bonds. The highest BCUT2D eigenvalue weighted by atomic mass is 32.1. The van der Waals surface area contributed by atoms with Crippen LogP contribution in [0.15, 0.2) is 18.2 Å². The zero-order valence-corrected chi connectivity index (χ0v) is 22.2. The summed E-state index contributed by atoms with van der Waals surface area (Å²) < 4.78 is 10.7. The van der Waals surface area contributed by atoms with Crippen LogP contribution in [0.1, 0.15) is 48.9 Å². The van der Waals surface area contributed by atoms with Crippen molar-refractivity contribution in [3.8, 4) is 11.5 Å². The van der Waals surface area contributed by atoms with Crippen molar-refractivity contribution in [3.05, 3.63) is 34.5 Å². The van der Waals surface area contributed by atoms with E-state index in [1.54, 1.807) is 32.4 Å². The fourth-order valence-electron chi connectivity index (χ4n) is 5.06. The molecule has 1 aliphatic carbocycles. The molecule has 1 N–H and O–H groups in total. The first-order valence-electron chi connectivity index (χ1n) is 12.9. The summed E-state index contributed by atoms with van der Waals surface area (Å²) >= 11 is 1.87. The number of benzene rings is 1. The van der Waals surface area contributed by atoms with Crippen LogP contribution >= 0.6 is 11.3 Å². The molecule has 1 aliphatic heterocycles. The first-order valence-corrected chi connectivity index (χ1v) is 13.8. The van der Waals surface area contributed by atoms with Gasteiger partial charge in [-0.15, -0.1) is 11.3 Å². The number of nitrogens with one attached hydrogen (secondary N) is 1. The van der Waals surface area contributed by atoms with Gasteiger partial charge >= 0.3 is 6.03 Å². The lowest BCUT2D eigenvalue weighted by atomic mass is 9.97. The lowest BCUT2D eigenvalue weighted by Crippen LogP contribution is -2.50. The van der Waals surface area contributed by atoms with E-state index in [9.17, 15) is 4.79 Å². The number of carbonyl (C=O) groups is 1. The smallest absolute Gasteiger partial charge is 0.321 e. The minimum atomic E-state index is -0.116. The molecule has 1 saturated heterocycles. The summed E-state index contributed by atoms with van der Waals surface area (Å²) in [6, 6.07) is 5.27. The number of methoxy groups -OCH3 is 2. The largest absolute Gasteiger partial charge is 0.497 e. The van der Waals surface area contributed by atoms with Crippen molar-refractivity contribution in [1.29, 1.82) is 0 Å². The number of ether oxygens (including phenoxy) is 2. The molecule has 8 nitrogen and oxygen atoms in total. The summed E-state index contributed by atoms with van der Waals surface area (Å²) in [4.78, 5) is 30.0. The lowest BCUT2D eigenvalue weighted by molar-refractivity contribution is 0.208. The summed E-state index contributed by atoms with van der Waals surface area (Å²) in [6.45, 7) is 4.97. The molecule has 0 atom stereocenters. The van der Waals surface area contributed by atoms with Gasteiger partial charge in [-0.1, -0.05) is 13.3 Å². The van der Waals surface area contributed by atoms with Crippen molar-refractivity contribution in [2.75, 3.05) is 50.6 Å². The second kappa shape index (κ2) is 10.9. The number of hydrogen-bond donors (Lipinski definition) is 1. The molecule has 3 aromatic rings. The number of unbranched alkanes of at least 4 members (excludes halogenated alkanes) is 1. The maximum Gasteiger partial charge on any atom is 0.321 e. The van der Waals surface area contributed by atoms with Crippen molar-refractivity contribution in [3.63, 3.8) is 0 Å². The van der Waals surface area contributed by atoms with E-state index in [0.717, 1.165) is 61.7 Å². The number of amides is 2. The second-order valence-corrected chi connectivity index (χ2v) is 10.5. The molecule has 36 heavy (non-hydrogen) atoms. The van der Waals surface area contributed by atoms with E-state index in [2.05, 4.69) is 17.1 Å². The molecule has 9 heteroatoms. The highest BCUT2D eigenvalue weighted by molar-refractivity contribution is 7.19. The Balaban J connectivity index is 1.33. The van der Waals surface area contributed by atoms with Crippen LogP contribution in [-0.2, 0) is 19.3 Å². The van der Waals surface area contributed by atoms with Crippen molar-refractivity contribution in [2.45, 2.75) is 51.9 Å². The maximum absolute atomic E-state index is 13.0. The molecule has 2 aromatic heterocycles. The van der Waals surface area contributed by atoms with Gasteiger partial charge in [0.1, 0.15) is 28.0 Å². The molecule has 0 bridgehead atoms. The number of anilines is 2. The van der Waals surface area contributed by atoms with Crippen LogP contribution in [0.2, 0.25) is 0 Å². The predicted molar refractivity (Wildman–Crippen MR) is 145 cm³/mol. The van der Waals surface area contributed by atoms with Crippen molar-refractivity contribution < 1.29 is 14.3 Å². The monoisotopic (exact) mass is 509 g/mol. The first-order chi connectivity index (χ1) is 17.6. The Morgan fingerprint density at radius 3 is 2.44 bits per heavy atom. The van der Waals surface area contributed by atoms with Gasteiger partial charge in [-0.3, -0.25) is 0 Å². The second-order valence-electron chi connectivity index (χ2n) is 9.46. The Labute approximate surface area is 216 Å². The van der Waals surface area contributed by atoms with E-state index in [1.165, 1.54) is 28.7 Å². The zero-order valence-electron chi connectivity index (χ0n) is 21.4. The number of piperazine rings is 1. The van der Waals surface area contributed by atoms with E-state index in [4.69, 9.17) is 19.4 Å². The van der Waals surface area contributed by atoms with Crippen LogP contribution in [0.4, 0.5) is 16.3 Å². The summed E-state index contributed by atoms with van der Waals surface area (Å²) in [5.41, 5.74) is 2.12. The van der Waals surface area contributed by atoms with E-state index in [1.807, 2.05) is 16.2 Å². The van der Waals surface area contributed by atoms with E-state index >= 15 is 0 Å².